The van der Waals surface area contributed by atoms with Crippen LogP contribution in [0.1, 0.15) is 127 Å². The minimum Gasteiger partial charge on any atom is -0.472 e. The van der Waals surface area contributed by atoms with Gasteiger partial charge in [0.25, 0.3) is 5.92 Å². The lowest BCUT2D eigenvalue weighted by Crippen LogP contribution is -2.51. The number of aromatic nitrogens is 6. The Morgan fingerprint density at radius 1 is 0.971 bits per heavy atom. The monoisotopic (exact) mass is 988 g/mol. The summed E-state index contributed by atoms with van der Waals surface area (Å²) < 4.78 is 92.1. The van der Waals surface area contributed by atoms with Gasteiger partial charge in [-0.1, -0.05) is 78.8 Å². The first-order valence-corrected chi connectivity index (χ1v) is 26.5. The molecule has 0 saturated carbocycles. The van der Waals surface area contributed by atoms with E-state index in [0.29, 0.717) is 63.7 Å². The van der Waals surface area contributed by atoms with Crippen molar-refractivity contribution >= 4 is 25.1 Å². The van der Waals surface area contributed by atoms with Gasteiger partial charge in [-0.15, -0.1) is 0 Å². The molecule has 3 aromatic carbocycles. The van der Waals surface area contributed by atoms with Gasteiger partial charge in [0.15, 0.2) is 32.8 Å². The third-order valence-corrected chi connectivity index (χ3v) is 21.3. The summed E-state index contributed by atoms with van der Waals surface area (Å²) in [7, 11) is 0.566. The number of aryl methyl sites for hydroxylation is 1. The summed E-state index contributed by atoms with van der Waals surface area (Å²) in [5.74, 6) is -5.06. The first-order valence-electron chi connectivity index (χ1n) is 24.3. The van der Waals surface area contributed by atoms with Crippen molar-refractivity contribution in [2.24, 2.45) is 13.0 Å². The van der Waals surface area contributed by atoms with Gasteiger partial charge in [-0.25, -0.2) is 32.3 Å². The zero-order valence-corrected chi connectivity index (χ0v) is 43.0. The van der Waals surface area contributed by atoms with Gasteiger partial charge < -0.3 is 28.3 Å². The summed E-state index contributed by atoms with van der Waals surface area (Å²) in [6.45, 7) is 16.0. The number of carbonyl (C=O) groups is 1. The van der Waals surface area contributed by atoms with Crippen molar-refractivity contribution < 1.29 is 46.4 Å². The molecule has 0 spiro atoms. The lowest BCUT2D eigenvalue weighted by molar-refractivity contribution is -0.182. The van der Waals surface area contributed by atoms with Crippen LogP contribution >= 0.6 is 0 Å². The lowest BCUT2D eigenvalue weighted by Gasteiger charge is -2.44. The molecule has 70 heavy (non-hydrogen) atoms. The van der Waals surface area contributed by atoms with Crippen molar-refractivity contribution in [2.45, 2.75) is 141 Å². The number of nitrogens with one attached hydrogen (secondary N) is 1. The van der Waals surface area contributed by atoms with E-state index in [4.69, 9.17) is 29.0 Å². The topological polar surface area (TPSA) is 139 Å². The Balaban J connectivity index is 1.33. The van der Waals surface area contributed by atoms with Crippen LogP contribution in [0.15, 0.2) is 73.1 Å². The zero-order valence-electron chi connectivity index (χ0n) is 42.0. The van der Waals surface area contributed by atoms with Gasteiger partial charge in [0.1, 0.15) is 17.7 Å². The molecule has 1 saturated heterocycles. The molecular formula is C53H68F4N6O6Si. The molecule has 7 rings (SSSR count). The van der Waals surface area contributed by atoms with Crippen LogP contribution in [0, 0.1) is 17.6 Å². The smallest absolute Gasteiger partial charge is 0.308 e. The molecule has 4 heterocycles. The van der Waals surface area contributed by atoms with Crippen LogP contribution < -0.4 is 4.74 Å². The second-order valence-corrected chi connectivity index (χ2v) is 25.8. The largest absolute Gasteiger partial charge is 0.472 e. The summed E-state index contributed by atoms with van der Waals surface area (Å²) >= 11 is 0. The molecule has 3 unspecified atom stereocenters. The molecule has 0 radical (unpaired) electrons. The Kier molecular flexibility index (Phi) is 16.2. The molecule has 1 aliphatic rings. The molecule has 0 amide bonds. The van der Waals surface area contributed by atoms with E-state index in [1.54, 1.807) is 45.2 Å². The predicted octanol–water partition coefficient (Wildman–Crippen LogP) is 11.7. The molecular weight excluding hydrogens is 921 g/mol. The Labute approximate surface area is 409 Å². The van der Waals surface area contributed by atoms with E-state index in [1.165, 1.54) is 36.2 Å². The van der Waals surface area contributed by atoms with E-state index in [1.807, 2.05) is 24.4 Å². The van der Waals surface area contributed by atoms with Crippen molar-refractivity contribution in [1.82, 2.24) is 29.2 Å². The predicted molar refractivity (Wildman–Crippen MR) is 263 cm³/mol. The van der Waals surface area contributed by atoms with Crippen LogP contribution in [0.4, 0.5) is 17.6 Å². The number of aromatic amines is 1. The Morgan fingerprint density at radius 2 is 1.71 bits per heavy atom. The number of aliphatic hydroxyl groups is 1. The van der Waals surface area contributed by atoms with Crippen molar-refractivity contribution in [1.29, 1.82) is 0 Å². The van der Waals surface area contributed by atoms with Gasteiger partial charge >= 0.3 is 5.97 Å². The number of rotatable bonds is 21. The number of H-pyrrole nitrogens is 1. The second kappa shape index (κ2) is 21.5. The van der Waals surface area contributed by atoms with Crippen LogP contribution in [0.3, 0.4) is 0 Å². The van der Waals surface area contributed by atoms with Crippen molar-refractivity contribution in [3.8, 4) is 17.3 Å². The molecule has 17 heteroatoms. The summed E-state index contributed by atoms with van der Waals surface area (Å²) in [4.78, 5) is 17.3. The maximum Gasteiger partial charge on any atom is 0.308 e. The first-order chi connectivity index (χ1) is 33.2. The third kappa shape index (κ3) is 10.5. The molecule has 6 aromatic rings. The minimum atomic E-state index is -3.30. The fourth-order valence-corrected chi connectivity index (χ4v) is 17.7. The minimum absolute atomic E-state index is 0.0120. The second-order valence-electron chi connectivity index (χ2n) is 20.0. The number of esters is 1. The molecule has 0 aliphatic carbocycles. The Morgan fingerprint density at radius 3 is 2.36 bits per heavy atom. The summed E-state index contributed by atoms with van der Waals surface area (Å²) in [5.41, 5.74) is 2.64. The van der Waals surface area contributed by atoms with Gasteiger partial charge in [-0.2, -0.15) is 10.2 Å². The van der Waals surface area contributed by atoms with Crippen molar-refractivity contribution in [2.75, 3.05) is 20.3 Å². The molecule has 378 valence electrons. The maximum atomic E-state index is 17.4. The van der Waals surface area contributed by atoms with Crippen LogP contribution in [-0.4, -0.2) is 81.0 Å². The molecule has 1 fully saturated rings. The normalized spacial score (nSPS) is 16.6. The van der Waals surface area contributed by atoms with Crippen LogP contribution in [-0.2, 0) is 44.5 Å². The number of halogens is 4. The van der Waals surface area contributed by atoms with Gasteiger partial charge in [-0.05, 0) is 108 Å². The van der Waals surface area contributed by atoms with Gasteiger partial charge in [0.2, 0.25) is 5.88 Å². The number of alkyl halides is 2. The fraction of sp³-hybridized carbons (Fsp3) is 0.509. The number of hydrogen-bond donors (Lipinski definition) is 2. The Bertz CT molecular complexity index is 2710. The quantitative estimate of drug-likeness (QED) is 0.0410. The van der Waals surface area contributed by atoms with Gasteiger partial charge in [0.05, 0.1) is 36.8 Å². The zero-order chi connectivity index (χ0) is 50.7. The summed E-state index contributed by atoms with van der Waals surface area (Å²) in [6.07, 6.45) is 3.33. The number of carbonyl (C=O) groups excluding carboxylic acids is 1. The average Bonchev–Trinajstić information content (AvgIpc) is 4.11. The standard InChI is InChI=1S/C53H68F4N6O6Si/c1-32(2)70(33(3)4,34(5)6)63-24-20-39-41(30-64)47(43(55)29-44(39)63)48(69-46-16-11-12-25-67-46)37-17-18-42(54)40(28-37)49-59-51(61-62(49)9)52(8,21-22-53(56,57)31-68-45-19-23-58-60-45)38-15-13-14-36(27-38)26-35(7)50(65)66-10/h13-15,17-20,23-24,27-29,32-35,46,48,64H,11-12,16,21-22,25-26,30-31H2,1-10H3,(H,58,60)/t35-,46?,48?,52?/m0/s1. The van der Waals surface area contributed by atoms with E-state index in [9.17, 15) is 9.90 Å². The number of nitrogens with zero attached hydrogens (tertiary/aromatic N) is 5. The number of aliphatic hydroxyl groups excluding tert-OH is 1. The lowest BCUT2D eigenvalue weighted by atomic mass is 9.76. The van der Waals surface area contributed by atoms with Crippen molar-refractivity contribution in [3.05, 3.63) is 118 Å². The number of benzene rings is 3. The summed E-state index contributed by atoms with van der Waals surface area (Å²) in [5, 5.41) is 23.0. The molecule has 2 N–H and O–H groups in total. The van der Waals surface area contributed by atoms with E-state index < -0.39 is 69.2 Å². The first kappa shape index (κ1) is 52.5. The number of ether oxygens (including phenoxy) is 4. The highest BCUT2D eigenvalue weighted by atomic mass is 28.3. The highest BCUT2D eigenvalue weighted by Gasteiger charge is 2.46. The van der Waals surface area contributed by atoms with E-state index in [0.717, 1.165) is 18.4 Å². The highest BCUT2D eigenvalue weighted by Crippen LogP contribution is 2.47. The van der Waals surface area contributed by atoms with Crippen LogP contribution in [0.25, 0.3) is 22.3 Å². The van der Waals surface area contributed by atoms with Gasteiger partial charge in [-0.3, -0.25) is 4.79 Å². The van der Waals surface area contributed by atoms with E-state index in [-0.39, 0.29) is 41.0 Å². The average molecular weight is 989 g/mol. The number of fused-ring (bicyclic) bond motifs is 1. The van der Waals surface area contributed by atoms with Crippen LogP contribution in [0.5, 0.6) is 5.88 Å². The summed E-state index contributed by atoms with van der Waals surface area (Å²) in [6, 6.07) is 16.6. The van der Waals surface area contributed by atoms with Crippen LogP contribution in [0.2, 0.25) is 16.6 Å². The van der Waals surface area contributed by atoms with Crippen molar-refractivity contribution in [3.63, 3.8) is 0 Å². The SMILES string of the molecule is COC(=O)[C@@H](C)Cc1cccc(C(C)(CCC(F)(F)COc2ccn[nH]2)c2nc(-c3cc(C(OC4CCCCO4)c4c(F)cc5c(ccn5[Si](C(C)C)(C(C)C)C(C)C)c4CO)ccc3F)n(C)n2)c1. The highest BCUT2D eigenvalue weighted by molar-refractivity contribution is 6.82. The molecule has 12 nitrogen and oxygen atoms in total. The molecule has 3 aromatic heterocycles. The number of hydrogen-bond acceptors (Lipinski definition) is 9. The van der Waals surface area contributed by atoms with E-state index in [2.05, 4.69) is 56.0 Å². The molecule has 4 atom stereocenters. The maximum absolute atomic E-state index is 17.4. The number of methoxy groups -OCH3 is 1. The molecule has 0 bridgehead atoms. The fourth-order valence-electron chi connectivity index (χ4n) is 11.1. The van der Waals surface area contributed by atoms with E-state index >= 15 is 17.6 Å². The van der Waals surface area contributed by atoms with Gasteiger partial charge in [0, 0.05) is 42.6 Å². The third-order valence-electron chi connectivity index (χ3n) is 14.5. The molecule has 1 aliphatic heterocycles. The Hall–Kier alpha value is -5.36.